The smallest absolute Gasteiger partial charge is 0.320 e. The maximum Gasteiger partial charge on any atom is 0.320 e. The van der Waals surface area contributed by atoms with Crippen molar-refractivity contribution < 1.29 is 9.90 Å². The molecule has 2 rings (SSSR count). The average Bonchev–Trinajstić information content (AvgIpc) is 2.90. The van der Waals surface area contributed by atoms with E-state index in [2.05, 4.69) is 10.4 Å². The van der Waals surface area contributed by atoms with Gasteiger partial charge in [-0.15, -0.1) is 0 Å². The summed E-state index contributed by atoms with van der Waals surface area (Å²) >= 11 is 0. The summed E-state index contributed by atoms with van der Waals surface area (Å²) in [7, 11) is 1.85. The molecular formula is C10H15N3O2. The Morgan fingerprint density at radius 3 is 3.00 bits per heavy atom. The molecule has 0 saturated heterocycles. The lowest BCUT2D eigenvalue weighted by Gasteiger charge is -2.11. The van der Waals surface area contributed by atoms with Crippen molar-refractivity contribution in [3.05, 3.63) is 18.0 Å². The number of carbonyl (C=O) groups is 1. The lowest BCUT2D eigenvalue weighted by molar-refractivity contribution is -0.140. The van der Waals surface area contributed by atoms with E-state index < -0.39 is 12.0 Å². The van der Waals surface area contributed by atoms with Crippen LogP contribution in [0.5, 0.6) is 0 Å². The third-order valence-corrected chi connectivity index (χ3v) is 2.63. The molecule has 1 unspecified atom stereocenters. The number of aliphatic carboxylic acids is 1. The Bertz CT molecular complexity index is 357. The molecule has 1 aliphatic carbocycles. The summed E-state index contributed by atoms with van der Waals surface area (Å²) in [5.41, 5.74) is 0.879. The predicted molar refractivity (Wildman–Crippen MR) is 54.2 cm³/mol. The highest BCUT2D eigenvalue weighted by atomic mass is 16.4. The van der Waals surface area contributed by atoms with Crippen molar-refractivity contribution in [1.82, 2.24) is 15.1 Å². The maximum absolute atomic E-state index is 10.9. The summed E-state index contributed by atoms with van der Waals surface area (Å²) in [5, 5.41) is 16.2. The minimum atomic E-state index is -0.756. The van der Waals surface area contributed by atoms with Gasteiger partial charge in [-0.1, -0.05) is 0 Å². The van der Waals surface area contributed by atoms with Crippen molar-refractivity contribution in [2.75, 3.05) is 0 Å². The number of rotatable bonds is 5. The van der Waals surface area contributed by atoms with E-state index in [1.54, 1.807) is 4.68 Å². The number of hydrogen-bond donors (Lipinski definition) is 2. The Hall–Kier alpha value is -1.36. The zero-order valence-corrected chi connectivity index (χ0v) is 8.68. The fraction of sp³-hybridized carbons (Fsp3) is 0.600. The van der Waals surface area contributed by atoms with Crippen LogP contribution in [0.25, 0.3) is 0 Å². The van der Waals surface area contributed by atoms with Gasteiger partial charge in [0.2, 0.25) is 0 Å². The molecule has 5 nitrogen and oxygen atoms in total. The molecule has 0 amide bonds. The Morgan fingerprint density at radius 1 is 1.80 bits per heavy atom. The second-order valence-electron chi connectivity index (χ2n) is 4.01. The van der Waals surface area contributed by atoms with Crippen molar-refractivity contribution in [1.29, 1.82) is 0 Å². The Labute approximate surface area is 88.1 Å². The van der Waals surface area contributed by atoms with Crippen molar-refractivity contribution in [2.45, 2.75) is 25.4 Å². The minimum Gasteiger partial charge on any atom is -0.480 e. The van der Waals surface area contributed by atoms with Crippen LogP contribution in [0.4, 0.5) is 0 Å². The molecule has 0 bridgehead atoms. The third-order valence-electron chi connectivity index (χ3n) is 2.63. The van der Waals surface area contributed by atoms with Crippen LogP contribution in [-0.4, -0.2) is 26.9 Å². The van der Waals surface area contributed by atoms with Crippen LogP contribution in [0.15, 0.2) is 12.3 Å². The minimum absolute atomic E-state index is 0.311. The molecule has 1 aliphatic rings. The van der Waals surface area contributed by atoms with Crippen molar-refractivity contribution in [3.63, 3.8) is 0 Å². The molecule has 1 aromatic heterocycles. The molecule has 2 N–H and O–H groups in total. The second kappa shape index (κ2) is 4.02. The standard InChI is InChI=1S/C10H15N3O2/c1-13-5-4-8(12-13)6-11-9(10(14)15)7-2-3-7/h4-5,7,9,11H,2-3,6H2,1H3,(H,14,15). The first-order valence-corrected chi connectivity index (χ1v) is 5.11. The molecule has 1 aromatic rings. The largest absolute Gasteiger partial charge is 0.480 e. The summed E-state index contributed by atoms with van der Waals surface area (Å²) < 4.78 is 1.71. The van der Waals surface area contributed by atoms with Crippen LogP contribution in [-0.2, 0) is 18.4 Å². The van der Waals surface area contributed by atoms with Crippen molar-refractivity contribution >= 4 is 5.97 Å². The molecule has 1 atom stereocenters. The number of carboxylic acids is 1. The highest BCUT2D eigenvalue weighted by Crippen LogP contribution is 2.32. The quantitative estimate of drug-likeness (QED) is 0.735. The summed E-state index contributed by atoms with van der Waals surface area (Å²) in [6.45, 7) is 0.522. The second-order valence-corrected chi connectivity index (χ2v) is 4.01. The number of hydrogen-bond acceptors (Lipinski definition) is 3. The normalized spacial score (nSPS) is 17.7. The number of aryl methyl sites for hydroxylation is 1. The topological polar surface area (TPSA) is 67.2 Å². The lowest BCUT2D eigenvalue weighted by Crippen LogP contribution is -2.38. The number of nitrogens with zero attached hydrogens (tertiary/aromatic N) is 2. The fourth-order valence-electron chi connectivity index (χ4n) is 1.66. The molecule has 1 saturated carbocycles. The fourth-order valence-corrected chi connectivity index (χ4v) is 1.66. The van der Waals surface area contributed by atoms with Crippen molar-refractivity contribution in [2.24, 2.45) is 13.0 Å². The molecule has 0 aliphatic heterocycles. The molecule has 15 heavy (non-hydrogen) atoms. The van der Waals surface area contributed by atoms with Gasteiger partial charge in [-0.3, -0.25) is 14.8 Å². The maximum atomic E-state index is 10.9. The van der Waals surface area contributed by atoms with E-state index in [9.17, 15) is 4.79 Å². The molecule has 1 fully saturated rings. The summed E-state index contributed by atoms with van der Waals surface area (Å²) in [6, 6.07) is 1.48. The van der Waals surface area contributed by atoms with Crippen LogP contribution in [0.2, 0.25) is 0 Å². The van der Waals surface area contributed by atoms with E-state index in [1.807, 2.05) is 19.3 Å². The molecule has 0 aromatic carbocycles. The first kappa shape index (κ1) is 10.2. The van der Waals surface area contributed by atoms with Gasteiger partial charge in [0.25, 0.3) is 0 Å². The van der Waals surface area contributed by atoms with E-state index in [0.717, 1.165) is 18.5 Å². The first-order chi connectivity index (χ1) is 7.16. The van der Waals surface area contributed by atoms with Gasteiger partial charge >= 0.3 is 5.97 Å². The first-order valence-electron chi connectivity index (χ1n) is 5.11. The van der Waals surface area contributed by atoms with Crippen LogP contribution in [0.3, 0.4) is 0 Å². The SMILES string of the molecule is Cn1ccc(CNC(C(=O)O)C2CC2)n1. The Balaban J connectivity index is 1.87. The Morgan fingerprint density at radius 2 is 2.53 bits per heavy atom. The van der Waals surface area contributed by atoms with Gasteiger partial charge in [-0.25, -0.2) is 0 Å². The predicted octanol–water partition coefficient (Wildman–Crippen LogP) is 0.373. The number of aromatic nitrogens is 2. The van der Waals surface area contributed by atoms with Gasteiger partial charge in [-0.05, 0) is 24.8 Å². The van der Waals surface area contributed by atoms with E-state index in [-0.39, 0.29) is 0 Å². The summed E-state index contributed by atoms with van der Waals surface area (Å²) in [5.74, 6) is -0.445. The zero-order valence-electron chi connectivity index (χ0n) is 8.68. The molecule has 5 heteroatoms. The van der Waals surface area contributed by atoms with Crippen LogP contribution in [0.1, 0.15) is 18.5 Å². The van der Waals surface area contributed by atoms with Crippen LogP contribution < -0.4 is 5.32 Å². The molecule has 0 spiro atoms. The molecule has 0 radical (unpaired) electrons. The van der Waals surface area contributed by atoms with Gasteiger partial charge in [0.15, 0.2) is 0 Å². The van der Waals surface area contributed by atoms with E-state index in [1.165, 1.54) is 0 Å². The zero-order chi connectivity index (χ0) is 10.8. The van der Waals surface area contributed by atoms with E-state index in [4.69, 9.17) is 5.11 Å². The highest BCUT2D eigenvalue weighted by molar-refractivity contribution is 5.74. The van der Waals surface area contributed by atoms with E-state index >= 15 is 0 Å². The number of nitrogens with one attached hydrogen (secondary N) is 1. The average molecular weight is 209 g/mol. The lowest BCUT2D eigenvalue weighted by atomic mass is 10.2. The molecule has 82 valence electrons. The summed E-state index contributed by atoms with van der Waals surface area (Å²) in [4.78, 5) is 10.9. The van der Waals surface area contributed by atoms with Gasteiger partial charge in [-0.2, -0.15) is 5.10 Å². The highest BCUT2D eigenvalue weighted by Gasteiger charge is 2.35. The van der Waals surface area contributed by atoms with Gasteiger partial charge < -0.3 is 5.11 Å². The Kier molecular flexibility index (Phi) is 2.73. The molecular weight excluding hydrogens is 194 g/mol. The van der Waals surface area contributed by atoms with Crippen LogP contribution >= 0.6 is 0 Å². The van der Waals surface area contributed by atoms with Gasteiger partial charge in [0.05, 0.1) is 5.69 Å². The van der Waals surface area contributed by atoms with Crippen molar-refractivity contribution in [3.8, 4) is 0 Å². The molecule has 1 heterocycles. The third kappa shape index (κ3) is 2.56. The monoisotopic (exact) mass is 209 g/mol. The van der Waals surface area contributed by atoms with Gasteiger partial charge in [0, 0.05) is 19.8 Å². The van der Waals surface area contributed by atoms with Crippen LogP contribution in [0, 0.1) is 5.92 Å². The summed E-state index contributed by atoms with van der Waals surface area (Å²) in [6.07, 6.45) is 3.89. The number of carboxylic acid groups (broad SMARTS) is 1. The van der Waals surface area contributed by atoms with Gasteiger partial charge in [0.1, 0.15) is 6.04 Å². The van der Waals surface area contributed by atoms with E-state index in [0.29, 0.717) is 12.5 Å².